The highest BCUT2D eigenvalue weighted by molar-refractivity contribution is 7.15. The van der Waals surface area contributed by atoms with Crippen molar-refractivity contribution in [3.05, 3.63) is 40.0 Å². The number of rotatable bonds is 2. The number of nitrogens with zero attached hydrogens (tertiary/aromatic N) is 2. The zero-order valence-corrected chi connectivity index (χ0v) is 21.4. The number of carbonyl (C=O) groups is 2. The van der Waals surface area contributed by atoms with Crippen LogP contribution in [0, 0.1) is 11.2 Å². The number of aromatic nitrogens is 2. The van der Waals surface area contributed by atoms with Crippen molar-refractivity contribution in [2.75, 3.05) is 13.7 Å². The van der Waals surface area contributed by atoms with E-state index in [1.54, 1.807) is 11.3 Å². The molecule has 1 aliphatic heterocycles. The molecule has 2 aromatic heterocycles. The van der Waals surface area contributed by atoms with E-state index in [0.29, 0.717) is 29.8 Å². The molecule has 0 saturated heterocycles. The first kappa shape index (κ1) is 24.2. The van der Waals surface area contributed by atoms with Crippen LogP contribution in [-0.4, -0.2) is 46.2 Å². The first-order valence-corrected chi connectivity index (χ1v) is 12.0. The molecule has 0 saturated carbocycles. The molecule has 9 heteroatoms. The van der Waals surface area contributed by atoms with Crippen LogP contribution in [-0.2, 0) is 15.9 Å². The minimum absolute atomic E-state index is 0.0741. The van der Waals surface area contributed by atoms with Crippen LogP contribution >= 0.6 is 11.3 Å². The van der Waals surface area contributed by atoms with Gasteiger partial charge >= 0.3 is 12.1 Å². The Hall–Kier alpha value is -2.94. The molecule has 1 N–H and O–H groups in total. The summed E-state index contributed by atoms with van der Waals surface area (Å²) in [6.07, 6.45) is 0.370. The predicted molar refractivity (Wildman–Crippen MR) is 130 cm³/mol. The summed E-state index contributed by atoms with van der Waals surface area (Å²) in [6.45, 7) is 12.5. The van der Waals surface area contributed by atoms with Gasteiger partial charge in [-0.25, -0.2) is 19.0 Å². The number of ether oxygens (including phenoxy) is 2. The average molecular weight is 488 g/mol. The fourth-order valence-corrected chi connectivity index (χ4v) is 5.86. The van der Waals surface area contributed by atoms with Crippen molar-refractivity contribution in [1.29, 1.82) is 0 Å². The molecule has 0 radical (unpaired) electrons. The normalized spacial score (nSPS) is 16.5. The summed E-state index contributed by atoms with van der Waals surface area (Å²) in [5.74, 6) is -0.648. The number of esters is 1. The monoisotopic (exact) mass is 487 g/mol. The Morgan fingerprint density at radius 2 is 1.88 bits per heavy atom. The lowest BCUT2D eigenvalue weighted by atomic mass is 9.81. The van der Waals surface area contributed by atoms with E-state index >= 15 is 0 Å². The first-order valence-electron chi connectivity index (χ1n) is 11.2. The third kappa shape index (κ3) is 4.53. The number of amides is 1. The van der Waals surface area contributed by atoms with E-state index < -0.39 is 17.4 Å². The summed E-state index contributed by atoms with van der Waals surface area (Å²) in [5.41, 5.74) is 1.19. The molecule has 0 bridgehead atoms. The lowest BCUT2D eigenvalue weighted by Gasteiger charge is -2.43. The molecule has 1 aliphatic rings. The molecular weight excluding hydrogens is 457 g/mol. The number of nitrogens with one attached hydrogen (secondary N) is 1. The van der Waals surface area contributed by atoms with E-state index in [-0.39, 0.29) is 23.1 Å². The average Bonchev–Trinajstić information content (AvgIpc) is 3.33. The molecule has 1 aromatic carbocycles. The summed E-state index contributed by atoms with van der Waals surface area (Å²) >= 11 is 1.55. The van der Waals surface area contributed by atoms with Crippen molar-refractivity contribution in [2.24, 2.45) is 5.41 Å². The summed E-state index contributed by atoms with van der Waals surface area (Å²) < 4.78 is 24.6. The fraction of sp³-hybridized carbons (Fsp3) is 0.480. The highest BCUT2D eigenvalue weighted by Crippen LogP contribution is 2.48. The number of hydrogen-bond acceptors (Lipinski definition) is 6. The van der Waals surface area contributed by atoms with E-state index in [0.717, 1.165) is 21.4 Å². The van der Waals surface area contributed by atoms with Gasteiger partial charge in [0.1, 0.15) is 22.8 Å². The van der Waals surface area contributed by atoms with Crippen LogP contribution in [0.3, 0.4) is 0 Å². The van der Waals surface area contributed by atoms with E-state index in [2.05, 4.69) is 36.8 Å². The Kier molecular flexibility index (Phi) is 5.96. The van der Waals surface area contributed by atoms with Gasteiger partial charge in [0.05, 0.1) is 29.1 Å². The topological polar surface area (TPSA) is 84.5 Å². The molecule has 0 spiro atoms. The first-order chi connectivity index (χ1) is 15.8. The molecule has 1 atom stereocenters. The number of imidazole rings is 1. The molecule has 3 aromatic rings. The van der Waals surface area contributed by atoms with Crippen LogP contribution in [0.4, 0.5) is 9.18 Å². The largest absolute Gasteiger partial charge is 0.465 e. The second-order valence-corrected chi connectivity index (χ2v) is 11.7. The van der Waals surface area contributed by atoms with Gasteiger partial charge in [-0.05, 0) is 56.4 Å². The maximum Gasteiger partial charge on any atom is 0.410 e. The third-order valence-corrected chi connectivity index (χ3v) is 6.90. The van der Waals surface area contributed by atoms with Crippen molar-refractivity contribution in [2.45, 2.75) is 59.6 Å². The Bertz CT molecular complexity index is 1270. The zero-order chi connectivity index (χ0) is 25.0. The van der Waals surface area contributed by atoms with Crippen molar-refractivity contribution in [1.82, 2.24) is 14.9 Å². The van der Waals surface area contributed by atoms with Gasteiger partial charge in [0, 0.05) is 11.4 Å². The number of halogens is 1. The van der Waals surface area contributed by atoms with E-state index in [4.69, 9.17) is 9.47 Å². The number of H-pyrrole nitrogens is 1. The van der Waals surface area contributed by atoms with Crippen LogP contribution in [0.5, 0.6) is 0 Å². The van der Waals surface area contributed by atoms with Crippen LogP contribution < -0.4 is 0 Å². The third-order valence-electron chi connectivity index (χ3n) is 5.66. The summed E-state index contributed by atoms with van der Waals surface area (Å²) in [7, 11) is 1.25. The van der Waals surface area contributed by atoms with Gasteiger partial charge < -0.3 is 14.5 Å². The SMILES string of the molecule is COC(=O)c1cc(F)cc2[nH]c(-c3cc4c(s3)C(C(C)(C)C)N(C(=O)OC(C)(C)C)CC4)nc12. The molecule has 4 rings (SSSR count). The highest BCUT2D eigenvalue weighted by atomic mass is 32.1. The minimum atomic E-state index is -0.645. The number of thiophene rings is 1. The van der Waals surface area contributed by atoms with E-state index in [1.165, 1.54) is 13.2 Å². The second-order valence-electron chi connectivity index (χ2n) is 10.6. The van der Waals surface area contributed by atoms with Gasteiger partial charge in [-0.15, -0.1) is 11.3 Å². The molecule has 182 valence electrons. The molecule has 0 aliphatic carbocycles. The highest BCUT2D eigenvalue weighted by Gasteiger charge is 2.41. The lowest BCUT2D eigenvalue weighted by Crippen LogP contribution is -2.46. The number of carbonyl (C=O) groups excluding carboxylic acids is 2. The van der Waals surface area contributed by atoms with Gasteiger partial charge in [0.15, 0.2) is 0 Å². The quantitative estimate of drug-likeness (QED) is 0.442. The maximum atomic E-state index is 14.1. The van der Waals surface area contributed by atoms with Crippen molar-refractivity contribution in [3.63, 3.8) is 0 Å². The standard InChI is InChI=1S/C25H30FN3O4S/c1-24(2,3)20-19-13(8-9-29(20)23(31)33-25(4,5)6)10-17(34-19)21-27-16-12-14(26)11-15(18(16)28-21)22(30)32-7/h10-12,20H,8-9H2,1-7H3,(H,27,28). The Morgan fingerprint density at radius 3 is 2.50 bits per heavy atom. The molecular formula is C25H30FN3O4S. The Balaban J connectivity index is 1.77. The lowest BCUT2D eigenvalue weighted by molar-refractivity contribution is -0.000154. The summed E-state index contributed by atoms with van der Waals surface area (Å²) in [4.78, 5) is 36.7. The number of fused-ring (bicyclic) bond motifs is 2. The van der Waals surface area contributed by atoms with E-state index in [9.17, 15) is 14.0 Å². The number of aromatic amines is 1. The van der Waals surface area contributed by atoms with Crippen molar-refractivity contribution >= 4 is 34.4 Å². The fourth-order valence-electron chi connectivity index (χ4n) is 4.34. The summed E-state index contributed by atoms with van der Waals surface area (Å²) in [6, 6.07) is 4.34. The van der Waals surface area contributed by atoms with Gasteiger partial charge in [-0.3, -0.25) is 4.90 Å². The second kappa shape index (κ2) is 8.37. The van der Waals surface area contributed by atoms with Crippen LogP contribution in [0.25, 0.3) is 21.7 Å². The van der Waals surface area contributed by atoms with Crippen molar-refractivity contribution in [3.8, 4) is 10.7 Å². The maximum absolute atomic E-state index is 14.1. The van der Waals surface area contributed by atoms with Gasteiger partial charge in [-0.1, -0.05) is 20.8 Å². The molecule has 7 nitrogen and oxygen atoms in total. The smallest absolute Gasteiger partial charge is 0.410 e. The molecule has 34 heavy (non-hydrogen) atoms. The molecule has 1 amide bonds. The van der Waals surface area contributed by atoms with Crippen LogP contribution in [0.2, 0.25) is 0 Å². The zero-order valence-electron chi connectivity index (χ0n) is 20.5. The van der Waals surface area contributed by atoms with Crippen molar-refractivity contribution < 1.29 is 23.5 Å². The van der Waals surface area contributed by atoms with Crippen LogP contribution in [0.15, 0.2) is 18.2 Å². The molecule has 0 fully saturated rings. The number of methoxy groups -OCH3 is 1. The van der Waals surface area contributed by atoms with E-state index in [1.807, 2.05) is 25.7 Å². The van der Waals surface area contributed by atoms with Gasteiger partial charge in [-0.2, -0.15) is 0 Å². The Morgan fingerprint density at radius 1 is 1.18 bits per heavy atom. The minimum Gasteiger partial charge on any atom is -0.465 e. The molecule has 1 unspecified atom stereocenters. The van der Waals surface area contributed by atoms with Crippen LogP contribution in [0.1, 0.15) is 68.4 Å². The van der Waals surface area contributed by atoms with Gasteiger partial charge in [0.25, 0.3) is 0 Å². The number of benzene rings is 1. The number of hydrogen-bond donors (Lipinski definition) is 1. The Labute approximate surface area is 202 Å². The van der Waals surface area contributed by atoms with Gasteiger partial charge in [0.2, 0.25) is 0 Å². The predicted octanol–water partition coefficient (Wildman–Crippen LogP) is 6.10. The summed E-state index contributed by atoms with van der Waals surface area (Å²) in [5, 5.41) is 0. The molecule has 3 heterocycles.